The zero-order valence-electron chi connectivity index (χ0n) is 14.6. The maximum atomic E-state index is 13.1. The smallest absolute Gasteiger partial charge is 0.308 e. The van der Waals surface area contributed by atoms with Gasteiger partial charge in [-0.2, -0.15) is 5.26 Å². The van der Waals surface area contributed by atoms with Crippen molar-refractivity contribution in [2.24, 2.45) is 5.92 Å². The van der Waals surface area contributed by atoms with Gasteiger partial charge in [-0.1, -0.05) is 36.4 Å². The lowest BCUT2D eigenvalue weighted by Gasteiger charge is -2.31. The minimum atomic E-state index is -0.208. The van der Waals surface area contributed by atoms with Crippen molar-refractivity contribution in [3.63, 3.8) is 0 Å². The average molecular weight is 348 g/mol. The van der Waals surface area contributed by atoms with Crippen LogP contribution in [0, 0.1) is 17.2 Å². The Kier molecular flexibility index (Phi) is 5.33. The summed E-state index contributed by atoms with van der Waals surface area (Å²) in [5, 5.41) is 9.37. The molecular formula is C21H20N2O3. The van der Waals surface area contributed by atoms with E-state index in [0.29, 0.717) is 37.1 Å². The molecule has 0 aliphatic carbocycles. The van der Waals surface area contributed by atoms with Gasteiger partial charge in [0.05, 0.1) is 24.7 Å². The number of esters is 1. The molecule has 0 radical (unpaired) electrons. The van der Waals surface area contributed by atoms with E-state index in [-0.39, 0.29) is 17.8 Å². The molecular weight excluding hydrogens is 328 g/mol. The Morgan fingerprint density at radius 3 is 2.31 bits per heavy atom. The lowest BCUT2D eigenvalue weighted by molar-refractivity contribution is -0.146. The van der Waals surface area contributed by atoms with Crippen molar-refractivity contribution >= 4 is 11.9 Å². The molecule has 1 fully saturated rings. The summed E-state index contributed by atoms with van der Waals surface area (Å²) in [5.74, 6) is -0.421. The standard InChI is InChI=1S/C21H20N2O3/c1-26-21(25)15-10-12-23(13-11-15)20(24)19-9-5-4-8-18(19)17-7-3-2-6-16(17)14-22/h2-9,15H,10-13H2,1H3. The molecule has 26 heavy (non-hydrogen) atoms. The maximum absolute atomic E-state index is 13.1. The van der Waals surface area contributed by atoms with Crippen molar-refractivity contribution in [2.75, 3.05) is 20.2 Å². The number of amides is 1. The molecule has 0 spiro atoms. The van der Waals surface area contributed by atoms with Crippen LogP contribution in [0.5, 0.6) is 0 Å². The third-order valence-corrected chi connectivity index (χ3v) is 4.81. The summed E-state index contributed by atoms with van der Waals surface area (Å²) < 4.78 is 4.80. The van der Waals surface area contributed by atoms with Gasteiger partial charge in [-0.05, 0) is 30.5 Å². The molecule has 5 nitrogen and oxygen atoms in total. The number of methoxy groups -OCH3 is 1. The van der Waals surface area contributed by atoms with E-state index in [1.807, 2.05) is 36.4 Å². The van der Waals surface area contributed by atoms with Gasteiger partial charge in [-0.25, -0.2) is 0 Å². The Morgan fingerprint density at radius 1 is 1.04 bits per heavy atom. The number of piperidine rings is 1. The normalized spacial score (nSPS) is 14.5. The number of nitrogens with zero attached hydrogens (tertiary/aromatic N) is 2. The van der Waals surface area contributed by atoms with Crippen LogP contribution in [0.1, 0.15) is 28.8 Å². The molecule has 0 bridgehead atoms. The minimum absolute atomic E-state index is 0.0725. The van der Waals surface area contributed by atoms with Gasteiger partial charge in [0.25, 0.3) is 5.91 Å². The first-order valence-electron chi connectivity index (χ1n) is 8.61. The fraction of sp³-hybridized carbons (Fsp3) is 0.286. The van der Waals surface area contributed by atoms with Crippen molar-refractivity contribution in [1.82, 2.24) is 4.90 Å². The fourth-order valence-corrected chi connectivity index (χ4v) is 3.38. The van der Waals surface area contributed by atoms with Gasteiger partial charge in [0.15, 0.2) is 0 Å². The highest BCUT2D eigenvalue weighted by molar-refractivity contribution is 6.01. The quantitative estimate of drug-likeness (QED) is 0.798. The molecule has 1 aliphatic heterocycles. The van der Waals surface area contributed by atoms with Gasteiger partial charge >= 0.3 is 5.97 Å². The average Bonchev–Trinajstić information content (AvgIpc) is 2.72. The highest BCUT2D eigenvalue weighted by atomic mass is 16.5. The molecule has 0 saturated carbocycles. The van der Waals surface area contributed by atoms with Crippen molar-refractivity contribution in [2.45, 2.75) is 12.8 Å². The number of benzene rings is 2. The van der Waals surface area contributed by atoms with Crippen molar-refractivity contribution < 1.29 is 14.3 Å². The Hall–Kier alpha value is -3.13. The molecule has 0 atom stereocenters. The van der Waals surface area contributed by atoms with Crippen LogP contribution >= 0.6 is 0 Å². The topological polar surface area (TPSA) is 70.4 Å². The number of carbonyl (C=O) groups excluding carboxylic acids is 2. The highest BCUT2D eigenvalue weighted by Gasteiger charge is 2.29. The van der Waals surface area contributed by atoms with Gasteiger partial charge in [-0.15, -0.1) is 0 Å². The molecule has 5 heteroatoms. The molecule has 1 saturated heterocycles. The molecule has 0 aromatic heterocycles. The number of hydrogen-bond acceptors (Lipinski definition) is 4. The molecule has 132 valence electrons. The summed E-state index contributed by atoms with van der Waals surface area (Å²) in [6.45, 7) is 1.04. The van der Waals surface area contributed by atoms with Crippen LogP contribution in [-0.2, 0) is 9.53 Å². The Labute approximate surface area is 152 Å². The third kappa shape index (κ3) is 3.45. The van der Waals surface area contributed by atoms with Gasteiger partial charge in [0.1, 0.15) is 0 Å². The largest absolute Gasteiger partial charge is 0.469 e. The number of rotatable bonds is 3. The predicted molar refractivity (Wildman–Crippen MR) is 97.2 cm³/mol. The number of hydrogen-bond donors (Lipinski definition) is 0. The molecule has 2 aromatic carbocycles. The SMILES string of the molecule is COC(=O)C1CCN(C(=O)c2ccccc2-c2ccccc2C#N)CC1. The molecule has 1 heterocycles. The van der Waals surface area contributed by atoms with Crippen molar-refractivity contribution in [1.29, 1.82) is 5.26 Å². The van der Waals surface area contributed by atoms with Crippen LogP contribution in [0.2, 0.25) is 0 Å². The first kappa shape index (κ1) is 17.7. The summed E-state index contributed by atoms with van der Waals surface area (Å²) in [5.41, 5.74) is 2.62. The Morgan fingerprint density at radius 2 is 1.65 bits per heavy atom. The Balaban J connectivity index is 1.86. The number of nitriles is 1. The first-order valence-corrected chi connectivity index (χ1v) is 8.61. The monoisotopic (exact) mass is 348 g/mol. The van der Waals surface area contributed by atoms with Crippen molar-refractivity contribution in [3.8, 4) is 17.2 Å². The summed E-state index contributed by atoms with van der Waals surface area (Å²) in [6, 6.07) is 16.8. The van der Waals surface area contributed by atoms with Crippen LogP contribution in [0.15, 0.2) is 48.5 Å². The van der Waals surface area contributed by atoms with E-state index in [1.165, 1.54) is 7.11 Å². The van der Waals surface area contributed by atoms with E-state index in [9.17, 15) is 14.9 Å². The second kappa shape index (κ2) is 7.83. The lowest BCUT2D eigenvalue weighted by atomic mass is 9.93. The fourth-order valence-electron chi connectivity index (χ4n) is 3.38. The van der Waals surface area contributed by atoms with E-state index < -0.39 is 0 Å². The van der Waals surface area contributed by atoms with Gasteiger partial charge in [-0.3, -0.25) is 9.59 Å². The van der Waals surface area contributed by atoms with Crippen LogP contribution in [-0.4, -0.2) is 37.0 Å². The molecule has 3 rings (SSSR count). The molecule has 0 unspecified atom stereocenters. The van der Waals surface area contributed by atoms with E-state index in [4.69, 9.17) is 4.74 Å². The minimum Gasteiger partial charge on any atom is -0.469 e. The summed E-state index contributed by atoms with van der Waals surface area (Å²) in [6.07, 6.45) is 1.21. The zero-order valence-corrected chi connectivity index (χ0v) is 14.6. The molecule has 0 N–H and O–H groups in total. The van der Waals surface area contributed by atoms with Crippen LogP contribution in [0.25, 0.3) is 11.1 Å². The van der Waals surface area contributed by atoms with E-state index in [0.717, 1.165) is 11.1 Å². The lowest BCUT2D eigenvalue weighted by Crippen LogP contribution is -2.40. The number of ether oxygens (including phenoxy) is 1. The summed E-state index contributed by atoms with van der Waals surface area (Å²) in [4.78, 5) is 26.5. The molecule has 1 aliphatic rings. The van der Waals surface area contributed by atoms with E-state index in [1.54, 1.807) is 17.0 Å². The highest BCUT2D eigenvalue weighted by Crippen LogP contribution is 2.29. The van der Waals surface area contributed by atoms with Crippen LogP contribution in [0.3, 0.4) is 0 Å². The third-order valence-electron chi connectivity index (χ3n) is 4.81. The number of likely N-dealkylation sites (tertiary alicyclic amines) is 1. The number of carbonyl (C=O) groups is 2. The predicted octanol–water partition coefficient (Wildman–Crippen LogP) is 3.25. The second-order valence-corrected chi connectivity index (χ2v) is 6.29. The van der Waals surface area contributed by atoms with Gasteiger partial charge in [0.2, 0.25) is 0 Å². The zero-order chi connectivity index (χ0) is 18.5. The maximum Gasteiger partial charge on any atom is 0.308 e. The van der Waals surface area contributed by atoms with E-state index >= 15 is 0 Å². The molecule has 2 aromatic rings. The first-order chi connectivity index (χ1) is 12.7. The van der Waals surface area contributed by atoms with Crippen LogP contribution < -0.4 is 0 Å². The second-order valence-electron chi connectivity index (χ2n) is 6.29. The Bertz CT molecular complexity index is 862. The summed E-state index contributed by atoms with van der Waals surface area (Å²) >= 11 is 0. The summed E-state index contributed by atoms with van der Waals surface area (Å²) in [7, 11) is 1.39. The van der Waals surface area contributed by atoms with E-state index in [2.05, 4.69) is 6.07 Å². The van der Waals surface area contributed by atoms with Crippen molar-refractivity contribution in [3.05, 3.63) is 59.7 Å². The van der Waals surface area contributed by atoms with Crippen LogP contribution in [0.4, 0.5) is 0 Å². The van der Waals surface area contributed by atoms with Gasteiger partial charge in [0, 0.05) is 24.2 Å². The molecule has 1 amide bonds. The van der Waals surface area contributed by atoms with Gasteiger partial charge < -0.3 is 9.64 Å².